The molecule has 1 amide bonds. The third kappa shape index (κ3) is 3.14. The number of amides is 1. The summed E-state index contributed by atoms with van der Waals surface area (Å²) in [7, 11) is 0. The number of carbonyl (C=O) groups is 1. The van der Waals surface area contributed by atoms with Gasteiger partial charge in [0.15, 0.2) is 5.13 Å². The van der Waals surface area contributed by atoms with E-state index in [-0.39, 0.29) is 5.91 Å². The number of nitrogens with zero attached hydrogens (tertiary/aromatic N) is 1. The van der Waals surface area contributed by atoms with Crippen LogP contribution in [0, 0.1) is 0 Å². The average Bonchev–Trinajstić information content (AvgIpc) is 2.53. The van der Waals surface area contributed by atoms with E-state index in [1.807, 2.05) is 13.1 Å². The van der Waals surface area contributed by atoms with Crippen molar-refractivity contribution in [2.75, 3.05) is 5.32 Å². The van der Waals surface area contributed by atoms with Gasteiger partial charge in [-0.3, -0.25) is 4.79 Å². The third-order valence-corrected chi connectivity index (χ3v) is 2.59. The zero-order valence-corrected chi connectivity index (χ0v) is 8.78. The second-order valence-electron chi connectivity index (χ2n) is 2.78. The number of thiazole rings is 1. The molecule has 1 heterocycles. The van der Waals surface area contributed by atoms with E-state index in [4.69, 9.17) is 0 Å². The normalized spacial score (nSPS) is 10.0. The summed E-state index contributed by atoms with van der Waals surface area (Å²) in [5.41, 5.74) is 0. The Labute approximate surface area is 82.2 Å². The lowest BCUT2D eigenvalue weighted by Gasteiger charge is -1.95. The third-order valence-electron chi connectivity index (χ3n) is 1.62. The zero-order valence-electron chi connectivity index (χ0n) is 7.96. The lowest BCUT2D eigenvalue weighted by Crippen LogP contribution is -2.08. The second kappa shape index (κ2) is 4.97. The molecule has 1 rings (SSSR count). The van der Waals surface area contributed by atoms with Crippen LogP contribution in [0.25, 0.3) is 0 Å². The van der Waals surface area contributed by atoms with Crippen LogP contribution >= 0.6 is 11.3 Å². The summed E-state index contributed by atoms with van der Waals surface area (Å²) in [5.74, 6) is 0.0254. The molecule has 0 aliphatic heterocycles. The van der Waals surface area contributed by atoms with E-state index in [2.05, 4.69) is 17.2 Å². The molecule has 1 aromatic rings. The molecule has 0 bridgehead atoms. The van der Waals surface area contributed by atoms with Crippen LogP contribution in [0.5, 0.6) is 0 Å². The highest BCUT2D eigenvalue weighted by molar-refractivity contribution is 7.15. The highest BCUT2D eigenvalue weighted by atomic mass is 32.1. The molecule has 0 aliphatic carbocycles. The molecule has 0 fully saturated rings. The van der Waals surface area contributed by atoms with Crippen molar-refractivity contribution in [1.29, 1.82) is 0 Å². The molecule has 0 aliphatic rings. The van der Waals surface area contributed by atoms with Crippen LogP contribution in [0.2, 0.25) is 0 Å². The lowest BCUT2D eigenvalue weighted by molar-refractivity contribution is -0.115. The summed E-state index contributed by atoms with van der Waals surface area (Å²) in [6.07, 6.45) is 4.49. The van der Waals surface area contributed by atoms with Crippen LogP contribution in [-0.4, -0.2) is 10.9 Å². The van der Waals surface area contributed by atoms with E-state index >= 15 is 0 Å². The summed E-state index contributed by atoms with van der Waals surface area (Å²) in [6.45, 7) is 3.96. The predicted molar refractivity (Wildman–Crippen MR) is 55.0 cm³/mol. The van der Waals surface area contributed by atoms with Crippen LogP contribution in [-0.2, 0) is 11.2 Å². The van der Waals surface area contributed by atoms with Gasteiger partial charge in [0.1, 0.15) is 0 Å². The first-order chi connectivity index (χ1) is 6.26. The van der Waals surface area contributed by atoms with E-state index in [1.54, 1.807) is 11.3 Å². The Kier molecular flexibility index (Phi) is 3.89. The fourth-order valence-electron chi connectivity index (χ4n) is 0.935. The number of hydrogen-bond acceptors (Lipinski definition) is 3. The maximum atomic E-state index is 11.0. The van der Waals surface area contributed by atoms with Crippen LogP contribution in [0.4, 0.5) is 5.13 Å². The van der Waals surface area contributed by atoms with E-state index in [1.165, 1.54) is 4.88 Å². The molecule has 72 valence electrons. The molecule has 0 unspecified atom stereocenters. The Morgan fingerprint density at radius 3 is 3.00 bits per heavy atom. The maximum Gasteiger partial charge on any atom is 0.225 e. The Morgan fingerprint density at radius 2 is 2.38 bits per heavy atom. The van der Waals surface area contributed by atoms with E-state index in [9.17, 15) is 4.79 Å². The minimum Gasteiger partial charge on any atom is -0.302 e. The Morgan fingerprint density at radius 1 is 1.62 bits per heavy atom. The van der Waals surface area contributed by atoms with Crippen molar-refractivity contribution in [2.24, 2.45) is 0 Å². The topological polar surface area (TPSA) is 42.0 Å². The molecule has 1 N–H and O–H groups in total. The Bertz CT molecular complexity index is 283. The van der Waals surface area contributed by atoms with Gasteiger partial charge in [0, 0.05) is 17.5 Å². The highest BCUT2D eigenvalue weighted by Gasteiger charge is 2.03. The number of nitrogens with one attached hydrogen (secondary N) is 1. The number of carbonyl (C=O) groups excluding carboxylic acids is 1. The fraction of sp³-hybridized carbons (Fsp3) is 0.556. The second-order valence-corrected chi connectivity index (χ2v) is 3.90. The van der Waals surface area contributed by atoms with Gasteiger partial charge in [0.2, 0.25) is 5.91 Å². The summed E-state index contributed by atoms with van der Waals surface area (Å²) < 4.78 is 0. The first-order valence-corrected chi connectivity index (χ1v) is 5.32. The molecule has 0 saturated carbocycles. The minimum absolute atomic E-state index is 0.0254. The molecular weight excluding hydrogens is 184 g/mol. The Balaban J connectivity index is 2.53. The number of anilines is 1. The molecular formula is C9H14N2OS. The van der Waals surface area contributed by atoms with Crippen molar-refractivity contribution in [3.05, 3.63) is 11.1 Å². The molecule has 3 nitrogen and oxygen atoms in total. The monoisotopic (exact) mass is 198 g/mol. The first kappa shape index (κ1) is 10.2. The Hall–Kier alpha value is -0.900. The van der Waals surface area contributed by atoms with Crippen molar-refractivity contribution < 1.29 is 4.79 Å². The van der Waals surface area contributed by atoms with E-state index < -0.39 is 0 Å². The van der Waals surface area contributed by atoms with Gasteiger partial charge in [0.05, 0.1) is 0 Å². The quantitative estimate of drug-likeness (QED) is 0.807. The average molecular weight is 198 g/mol. The van der Waals surface area contributed by atoms with Gasteiger partial charge in [0.25, 0.3) is 0 Å². The van der Waals surface area contributed by atoms with Crippen LogP contribution in [0.3, 0.4) is 0 Å². The van der Waals surface area contributed by atoms with Crippen LogP contribution in [0.1, 0.15) is 31.6 Å². The van der Waals surface area contributed by atoms with Crippen molar-refractivity contribution in [3.63, 3.8) is 0 Å². The molecule has 0 saturated heterocycles. The van der Waals surface area contributed by atoms with Crippen molar-refractivity contribution in [1.82, 2.24) is 4.98 Å². The SMILES string of the molecule is CCCc1cnc(NC(=O)CC)s1. The van der Waals surface area contributed by atoms with Gasteiger partial charge in [-0.05, 0) is 6.42 Å². The number of rotatable bonds is 4. The summed E-state index contributed by atoms with van der Waals surface area (Å²) in [4.78, 5) is 16.3. The summed E-state index contributed by atoms with van der Waals surface area (Å²) >= 11 is 1.56. The van der Waals surface area contributed by atoms with Crippen molar-refractivity contribution >= 4 is 22.4 Å². The van der Waals surface area contributed by atoms with Gasteiger partial charge in [-0.1, -0.05) is 20.3 Å². The zero-order chi connectivity index (χ0) is 9.68. The van der Waals surface area contributed by atoms with Crippen molar-refractivity contribution in [3.8, 4) is 0 Å². The number of hydrogen-bond donors (Lipinski definition) is 1. The highest BCUT2D eigenvalue weighted by Crippen LogP contribution is 2.19. The van der Waals surface area contributed by atoms with Crippen LogP contribution in [0.15, 0.2) is 6.20 Å². The molecule has 0 radical (unpaired) electrons. The van der Waals surface area contributed by atoms with E-state index in [0.717, 1.165) is 18.0 Å². The van der Waals surface area contributed by atoms with Crippen molar-refractivity contribution in [2.45, 2.75) is 33.1 Å². The number of aryl methyl sites for hydroxylation is 1. The molecule has 4 heteroatoms. The summed E-state index contributed by atoms with van der Waals surface area (Å²) in [5, 5.41) is 3.46. The molecule has 0 spiro atoms. The molecule has 0 aromatic carbocycles. The van der Waals surface area contributed by atoms with Gasteiger partial charge < -0.3 is 5.32 Å². The molecule has 1 aromatic heterocycles. The van der Waals surface area contributed by atoms with Gasteiger partial charge >= 0.3 is 0 Å². The standard InChI is InChI=1S/C9H14N2OS/c1-3-5-7-6-10-9(13-7)11-8(12)4-2/h6H,3-5H2,1-2H3,(H,10,11,12). The predicted octanol–water partition coefficient (Wildman–Crippen LogP) is 2.44. The largest absolute Gasteiger partial charge is 0.302 e. The van der Waals surface area contributed by atoms with Gasteiger partial charge in [-0.15, -0.1) is 11.3 Å². The van der Waals surface area contributed by atoms with Gasteiger partial charge in [-0.25, -0.2) is 4.98 Å². The maximum absolute atomic E-state index is 11.0. The van der Waals surface area contributed by atoms with Gasteiger partial charge in [-0.2, -0.15) is 0 Å². The first-order valence-electron chi connectivity index (χ1n) is 4.50. The number of aromatic nitrogens is 1. The molecule has 13 heavy (non-hydrogen) atoms. The van der Waals surface area contributed by atoms with Crippen LogP contribution < -0.4 is 5.32 Å². The van der Waals surface area contributed by atoms with E-state index in [0.29, 0.717) is 6.42 Å². The smallest absolute Gasteiger partial charge is 0.225 e. The lowest BCUT2D eigenvalue weighted by atomic mass is 10.3. The summed E-state index contributed by atoms with van der Waals surface area (Å²) in [6, 6.07) is 0. The fourth-order valence-corrected chi connectivity index (χ4v) is 1.87. The minimum atomic E-state index is 0.0254. The molecule has 0 atom stereocenters.